The third kappa shape index (κ3) is 3.71. The summed E-state index contributed by atoms with van der Waals surface area (Å²) in [6.45, 7) is 0.837. The largest absolute Gasteiger partial charge is 0.448 e. The van der Waals surface area contributed by atoms with E-state index in [1.54, 1.807) is 18.2 Å². The summed E-state index contributed by atoms with van der Waals surface area (Å²) in [7, 11) is 0. The molecule has 0 saturated carbocycles. The van der Waals surface area contributed by atoms with Crippen molar-refractivity contribution < 1.29 is 14.3 Å². The Hall–Kier alpha value is -3.16. The molecule has 1 fully saturated rings. The molecule has 1 unspecified atom stereocenters. The highest BCUT2D eigenvalue weighted by molar-refractivity contribution is 6.31. The SMILES string of the molecule is O=C1c2cc(Cl)ccc2Oc2c(cnn(C3CCCCO3)c2=O)N1Cc1ccccc1. The Bertz CT molecular complexity index is 1190. The standard InChI is InChI=1S/C23H20ClN3O4/c24-16-9-10-19-17(12-16)22(28)26(14-15-6-2-1-3-7-15)18-13-25-27(23(29)21(18)31-19)20-8-4-5-11-30-20/h1-3,6-7,9-10,12-13,20H,4-5,8,11,14H2. The zero-order valence-corrected chi connectivity index (χ0v) is 17.4. The Balaban J connectivity index is 1.66. The number of anilines is 1. The molecule has 1 amide bonds. The van der Waals surface area contributed by atoms with Crippen LogP contribution in [-0.4, -0.2) is 22.3 Å². The maximum Gasteiger partial charge on any atom is 0.314 e. The molecule has 0 bridgehead atoms. The topological polar surface area (TPSA) is 73.7 Å². The first kappa shape index (κ1) is 19.8. The minimum Gasteiger partial charge on any atom is -0.448 e. The van der Waals surface area contributed by atoms with Crippen LogP contribution in [0.1, 0.15) is 41.4 Å². The van der Waals surface area contributed by atoms with Gasteiger partial charge in [-0.05, 0) is 43.0 Å². The predicted molar refractivity (Wildman–Crippen MR) is 116 cm³/mol. The van der Waals surface area contributed by atoms with Crippen molar-refractivity contribution >= 4 is 23.2 Å². The Morgan fingerprint density at radius 1 is 1.10 bits per heavy atom. The van der Waals surface area contributed by atoms with E-state index in [0.717, 1.165) is 18.4 Å². The summed E-state index contributed by atoms with van der Waals surface area (Å²) in [6.07, 6.45) is 3.67. The first-order valence-corrected chi connectivity index (χ1v) is 10.6. The van der Waals surface area contributed by atoms with Crippen LogP contribution in [0.2, 0.25) is 5.02 Å². The smallest absolute Gasteiger partial charge is 0.314 e. The zero-order chi connectivity index (χ0) is 21.4. The Morgan fingerprint density at radius 2 is 1.94 bits per heavy atom. The summed E-state index contributed by atoms with van der Waals surface area (Å²) in [5.41, 5.74) is 1.09. The maximum absolute atomic E-state index is 13.5. The number of amides is 1. The normalized spacial score (nSPS) is 18.0. The Labute approximate surface area is 183 Å². The van der Waals surface area contributed by atoms with Gasteiger partial charge in [0.25, 0.3) is 5.91 Å². The van der Waals surface area contributed by atoms with Crippen molar-refractivity contribution in [2.45, 2.75) is 32.0 Å². The van der Waals surface area contributed by atoms with E-state index in [9.17, 15) is 9.59 Å². The summed E-state index contributed by atoms with van der Waals surface area (Å²) in [5, 5.41) is 4.75. The molecule has 0 radical (unpaired) electrons. The van der Waals surface area contributed by atoms with E-state index in [0.29, 0.717) is 29.3 Å². The van der Waals surface area contributed by atoms with Gasteiger partial charge in [-0.1, -0.05) is 41.9 Å². The molecule has 7 nitrogen and oxygen atoms in total. The van der Waals surface area contributed by atoms with Gasteiger partial charge >= 0.3 is 5.56 Å². The van der Waals surface area contributed by atoms with Crippen LogP contribution in [0.4, 0.5) is 5.69 Å². The van der Waals surface area contributed by atoms with Crippen molar-refractivity contribution in [2.75, 3.05) is 11.5 Å². The van der Waals surface area contributed by atoms with E-state index in [2.05, 4.69) is 5.10 Å². The number of carbonyl (C=O) groups is 1. The fourth-order valence-electron chi connectivity index (χ4n) is 3.90. The summed E-state index contributed by atoms with van der Waals surface area (Å²) >= 11 is 6.15. The lowest BCUT2D eigenvalue weighted by atomic mass is 10.1. The highest BCUT2D eigenvalue weighted by Gasteiger charge is 2.32. The number of hydrogen-bond donors (Lipinski definition) is 0. The van der Waals surface area contributed by atoms with Gasteiger partial charge in [-0.25, -0.2) is 0 Å². The van der Waals surface area contributed by atoms with Gasteiger partial charge in [-0.3, -0.25) is 14.5 Å². The maximum atomic E-state index is 13.5. The second-order valence-corrected chi connectivity index (χ2v) is 7.99. The average molecular weight is 438 g/mol. The second kappa shape index (κ2) is 8.17. The minimum absolute atomic E-state index is 0.0505. The number of carbonyl (C=O) groups excluding carboxylic acids is 1. The number of rotatable bonds is 3. The number of hydrogen-bond acceptors (Lipinski definition) is 5. The summed E-state index contributed by atoms with van der Waals surface area (Å²) in [5.74, 6) is 0.0214. The number of aromatic nitrogens is 2. The molecule has 0 N–H and O–H groups in total. The fraction of sp³-hybridized carbons (Fsp3) is 0.261. The quantitative estimate of drug-likeness (QED) is 0.601. The molecular formula is C23H20ClN3O4. The molecule has 1 aromatic heterocycles. The van der Waals surface area contributed by atoms with Crippen molar-refractivity contribution in [1.29, 1.82) is 0 Å². The van der Waals surface area contributed by atoms with Gasteiger partial charge in [0, 0.05) is 11.6 Å². The van der Waals surface area contributed by atoms with Gasteiger partial charge in [0.2, 0.25) is 5.75 Å². The summed E-state index contributed by atoms with van der Waals surface area (Å²) < 4.78 is 13.1. The lowest BCUT2D eigenvalue weighted by molar-refractivity contribution is -0.0427. The number of ether oxygens (including phenoxy) is 2. The molecule has 0 spiro atoms. The van der Waals surface area contributed by atoms with Gasteiger partial charge in [-0.2, -0.15) is 9.78 Å². The number of halogens is 1. The van der Waals surface area contributed by atoms with Gasteiger partial charge in [-0.15, -0.1) is 0 Å². The molecule has 0 aliphatic carbocycles. The van der Waals surface area contributed by atoms with Crippen molar-refractivity contribution in [3.63, 3.8) is 0 Å². The van der Waals surface area contributed by atoms with Crippen molar-refractivity contribution in [3.05, 3.63) is 81.2 Å². The van der Waals surface area contributed by atoms with E-state index in [-0.39, 0.29) is 24.0 Å². The van der Waals surface area contributed by atoms with E-state index in [1.165, 1.54) is 15.8 Å². The van der Waals surface area contributed by atoms with E-state index < -0.39 is 11.8 Å². The predicted octanol–water partition coefficient (Wildman–Crippen LogP) is 4.55. The van der Waals surface area contributed by atoms with Crippen LogP contribution in [0.5, 0.6) is 11.5 Å². The lowest BCUT2D eigenvalue weighted by Gasteiger charge is -2.25. The molecule has 1 atom stereocenters. The van der Waals surface area contributed by atoms with Crippen LogP contribution in [0.3, 0.4) is 0 Å². The number of benzene rings is 2. The molecular weight excluding hydrogens is 418 g/mol. The van der Waals surface area contributed by atoms with Gasteiger partial charge in [0.1, 0.15) is 11.4 Å². The summed E-state index contributed by atoms with van der Waals surface area (Å²) in [4.78, 5) is 28.4. The van der Waals surface area contributed by atoms with Crippen LogP contribution < -0.4 is 15.2 Å². The van der Waals surface area contributed by atoms with Gasteiger partial charge in [0.15, 0.2) is 6.23 Å². The molecule has 158 valence electrons. The summed E-state index contributed by atoms with van der Waals surface area (Å²) in [6, 6.07) is 14.3. The highest BCUT2D eigenvalue weighted by Crippen LogP contribution is 2.38. The monoisotopic (exact) mass is 437 g/mol. The van der Waals surface area contributed by atoms with Crippen LogP contribution in [0.15, 0.2) is 59.5 Å². The molecule has 2 aliphatic heterocycles. The molecule has 31 heavy (non-hydrogen) atoms. The second-order valence-electron chi connectivity index (χ2n) is 7.55. The van der Waals surface area contributed by atoms with Crippen molar-refractivity contribution in [1.82, 2.24) is 9.78 Å². The van der Waals surface area contributed by atoms with Crippen molar-refractivity contribution in [2.24, 2.45) is 0 Å². The highest BCUT2D eigenvalue weighted by atomic mass is 35.5. The van der Waals surface area contributed by atoms with Crippen LogP contribution >= 0.6 is 11.6 Å². The minimum atomic E-state index is -0.443. The average Bonchev–Trinajstić information content (AvgIpc) is 2.91. The third-order valence-corrected chi connectivity index (χ3v) is 5.71. The van der Waals surface area contributed by atoms with E-state index in [1.807, 2.05) is 30.3 Å². The molecule has 3 aromatic rings. The molecule has 5 rings (SSSR count). The van der Waals surface area contributed by atoms with Crippen LogP contribution in [-0.2, 0) is 11.3 Å². The van der Waals surface area contributed by atoms with Gasteiger partial charge in [0.05, 0.1) is 18.3 Å². The van der Waals surface area contributed by atoms with Crippen molar-refractivity contribution in [3.8, 4) is 11.5 Å². The Kier molecular flexibility index (Phi) is 5.21. The van der Waals surface area contributed by atoms with E-state index in [4.69, 9.17) is 21.1 Å². The number of fused-ring (bicyclic) bond motifs is 2. The van der Waals surface area contributed by atoms with Crippen LogP contribution in [0, 0.1) is 0 Å². The first-order chi connectivity index (χ1) is 15.1. The molecule has 3 heterocycles. The molecule has 8 heteroatoms. The molecule has 2 aliphatic rings. The fourth-order valence-corrected chi connectivity index (χ4v) is 4.07. The number of nitrogens with zero attached hydrogens (tertiary/aromatic N) is 3. The Morgan fingerprint density at radius 3 is 2.71 bits per heavy atom. The lowest BCUT2D eigenvalue weighted by Crippen LogP contribution is -2.34. The zero-order valence-electron chi connectivity index (χ0n) is 16.7. The van der Waals surface area contributed by atoms with Crippen LogP contribution in [0.25, 0.3) is 0 Å². The third-order valence-electron chi connectivity index (χ3n) is 5.47. The molecule has 1 saturated heterocycles. The van der Waals surface area contributed by atoms with E-state index >= 15 is 0 Å². The first-order valence-electron chi connectivity index (χ1n) is 10.2. The van der Waals surface area contributed by atoms with Gasteiger partial charge < -0.3 is 9.47 Å². The molecule has 2 aromatic carbocycles.